The van der Waals surface area contributed by atoms with E-state index in [-0.39, 0.29) is 29.3 Å². The number of H-pyrrole nitrogens is 1. The van der Waals surface area contributed by atoms with E-state index >= 15 is 0 Å². The van der Waals surface area contributed by atoms with Crippen LogP contribution in [0.5, 0.6) is 0 Å². The fourth-order valence-corrected chi connectivity index (χ4v) is 3.98. The van der Waals surface area contributed by atoms with E-state index in [0.717, 1.165) is 11.3 Å². The summed E-state index contributed by atoms with van der Waals surface area (Å²) in [7, 11) is 0. The van der Waals surface area contributed by atoms with Gasteiger partial charge in [-0.3, -0.25) is 4.79 Å². The number of imidazole rings is 1. The van der Waals surface area contributed by atoms with E-state index in [0.29, 0.717) is 11.5 Å². The molecular formula is C23H22FN3O3. The van der Waals surface area contributed by atoms with Crippen molar-refractivity contribution in [3.63, 3.8) is 0 Å². The lowest BCUT2D eigenvalue weighted by atomic mass is 9.69. The Morgan fingerprint density at radius 1 is 1.23 bits per heavy atom. The van der Waals surface area contributed by atoms with Crippen molar-refractivity contribution < 1.29 is 18.7 Å². The molecule has 0 radical (unpaired) electrons. The number of rotatable bonds is 4. The van der Waals surface area contributed by atoms with Crippen LogP contribution in [0.15, 0.2) is 48.7 Å². The summed E-state index contributed by atoms with van der Waals surface area (Å²) in [6.07, 6.45) is 1.66. The van der Waals surface area contributed by atoms with Crippen LogP contribution in [0.1, 0.15) is 57.7 Å². The molecule has 2 N–H and O–H groups in total. The Hall–Kier alpha value is -3.48. The van der Waals surface area contributed by atoms with E-state index < -0.39 is 17.4 Å². The Morgan fingerprint density at radius 3 is 2.60 bits per heavy atom. The van der Waals surface area contributed by atoms with Crippen LogP contribution in [0.4, 0.5) is 10.1 Å². The smallest absolute Gasteiger partial charge is 0.338 e. The van der Waals surface area contributed by atoms with E-state index in [4.69, 9.17) is 4.74 Å². The van der Waals surface area contributed by atoms with Gasteiger partial charge in [0.05, 0.1) is 23.8 Å². The van der Waals surface area contributed by atoms with Crippen LogP contribution in [0.2, 0.25) is 0 Å². The molecule has 0 amide bonds. The Morgan fingerprint density at radius 2 is 1.97 bits per heavy atom. The predicted molar refractivity (Wildman–Crippen MR) is 110 cm³/mol. The van der Waals surface area contributed by atoms with Crippen molar-refractivity contribution in [2.75, 3.05) is 11.9 Å². The van der Waals surface area contributed by atoms with Crippen LogP contribution < -0.4 is 5.32 Å². The van der Waals surface area contributed by atoms with E-state index in [2.05, 4.69) is 15.3 Å². The molecule has 1 aliphatic rings. The summed E-state index contributed by atoms with van der Waals surface area (Å²) >= 11 is 0. The van der Waals surface area contributed by atoms with Gasteiger partial charge in [-0.1, -0.05) is 18.2 Å². The number of benzene rings is 2. The number of carbonyl (C=O) groups excluding carboxylic acids is 2. The highest BCUT2D eigenvalue weighted by molar-refractivity contribution is 6.16. The number of ketones is 1. The molecule has 30 heavy (non-hydrogen) atoms. The molecular weight excluding hydrogens is 385 g/mol. The molecule has 1 aromatic heterocycles. The van der Waals surface area contributed by atoms with E-state index in [1.54, 1.807) is 50.4 Å². The lowest BCUT2D eigenvalue weighted by Crippen LogP contribution is -2.47. The molecule has 3 aromatic rings. The molecule has 0 saturated heterocycles. The molecule has 0 fully saturated rings. The van der Waals surface area contributed by atoms with Gasteiger partial charge in [0.2, 0.25) is 0 Å². The molecule has 7 heteroatoms. The topological polar surface area (TPSA) is 84.1 Å². The normalized spacial score (nSPS) is 20.4. The minimum Gasteiger partial charge on any atom is -0.462 e. The molecule has 0 aliphatic carbocycles. The van der Waals surface area contributed by atoms with Crippen LogP contribution in [0.3, 0.4) is 0 Å². The maximum absolute atomic E-state index is 13.9. The van der Waals surface area contributed by atoms with Crippen LogP contribution >= 0.6 is 0 Å². The highest BCUT2D eigenvalue weighted by Gasteiger charge is 2.51. The minimum atomic E-state index is -1.16. The van der Waals surface area contributed by atoms with Gasteiger partial charge in [0, 0.05) is 17.6 Å². The number of ether oxygens (including phenoxy) is 1. The van der Waals surface area contributed by atoms with Crippen LogP contribution in [-0.4, -0.2) is 28.3 Å². The summed E-state index contributed by atoms with van der Waals surface area (Å²) in [5.74, 6) is -0.705. The number of nitrogens with zero attached hydrogens (tertiary/aromatic N) is 1. The average Bonchev–Trinajstić information content (AvgIpc) is 3.18. The monoisotopic (exact) mass is 407 g/mol. The third kappa shape index (κ3) is 3.07. The van der Waals surface area contributed by atoms with Crippen molar-refractivity contribution in [2.45, 2.75) is 32.2 Å². The number of aromatic nitrogens is 2. The maximum atomic E-state index is 13.9. The average molecular weight is 407 g/mol. The van der Waals surface area contributed by atoms with Gasteiger partial charge in [-0.15, -0.1) is 0 Å². The fourth-order valence-electron chi connectivity index (χ4n) is 3.98. The number of halogens is 1. The second-order valence-electron chi connectivity index (χ2n) is 7.52. The second kappa shape index (κ2) is 7.40. The number of esters is 1. The van der Waals surface area contributed by atoms with Gasteiger partial charge in [0.25, 0.3) is 0 Å². The van der Waals surface area contributed by atoms with Gasteiger partial charge in [0.15, 0.2) is 5.78 Å². The van der Waals surface area contributed by atoms with Crippen molar-refractivity contribution in [3.8, 4) is 0 Å². The number of hydrogen-bond donors (Lipinski definition) is 2. The summed E-state index contributed by atoms with van der Waals surface area (Å²) in [5.41, 5.74) is 1.38. The fraction of sp³-hybridized carbons (Fsp3) is 0.261. The second-order valence-corrected chi connectivity index (χ2v) is 7.52. The third-order valence-electron chi connectivity index (χ3n) is 5.53. The van der Waals surface area contributed by atoms with Crippen LogP contribution in [0.25, 0.3) is 0 Å². The summed E-state index contributed by atoms with van der Waals surface area (Å²) in [6, 6.07) is 10.5. The number of anilines is 1. The molecule has 2 atom stereocenters. The van der Waals surface area contributed by atoms with Gasteiger partial charge in [-0.2, -0.15) is 0 Å². The quantitative estimate of drug-likeness (QED) is 0.629. The van der Waals surface area contributed by atoms with Crippen LogP contribution in [0, 0.1) is 12.7 Å². The van der Waals surface area contributed by atoms with E-state index in [9.17, 15) is 14.0 Å². The number of hydrogen-bond acceptors (Lipinski definition) is 5. The molecule has 154 valence electrons. The van der Waals surface area contributed by atoms with Gasteiger partial charge in [-0.05, 0) is 50.6 Å². The molecule has 2 heterocycles. The SMILES string of the molecule is CCOC(=O)c1cccc2c1C(=O)C(C)(c1ncc(C)[nH]1)C(c1ccc(F)cc1)N2. The first-order valence-electron chi connectivity index (χ1n) is 9.75. The molecule has 1 aliphatic heterocycles. The number of carbonyl (C=O) groups is 2. The summed E-state index contributed by atoms with van der Waals surface area (Å²) < 4.78 is 18.7. The van der Waals surface area contributed by atoms with Crippen LogP contribution in [-0.2, 0) is 10.2 Å². The Bertz CT molecular complexity index is 1120. The van der Waals surface area contributed by atoms with E-state index in [1.807, 2.05) is 6.92 Å². The zero-order valence-electron chi connectivity index (χ0n) is 17.0. The van der Waals surface area contributed by atoms with Crippen molar-refractivity contribution in [1.29, 1.82) is 0 Å². The minimum absolute atomic E-state index is 0.205. The van der Waals surface area contributed by atoms with Gasteiger partial charge >= 0.3 is 5.97 Å². The number of aryl methyl sites for hydroxylation is 1. The summed E-state index contributed by atoms with van der Waals surface area (Å²) in [5, 5.41) is 3.39. The molecule has 2 unspecified atom stereocenters. The van der Waals surface area contributed by atoms with Gasteiger partial charge < -0.3 is 15.0 Å². The van der Waals surface area contributed by atoms with Crippen molar-refractivity contribution in [2.24, 2.45) is 0 Å². The van der Waals surface area contributed by atoms with Gasteiger partial charge in [0.1, 0.15) is 17.1 Å². The zero-order chi connectivity index (χ0) is 21.5. The largest absolute Gasteiger partial charge is 0.462 e. The standard InChI is InChI=1S/C23H22FN3O3/c1-4-30-21(29)16-6-5-7-17-18(16)20(28)23(3,22-25-12-13(2)26-22)19(27-17)14-8-10-15(24)11-9-14/h5-12,19,27H,4H2,1-3H3,(H,25,26). The number of Topliss-reactive ketones (excluding diaryl/α,β-unsaturated/α-hetero) is 1. The third-order valence-corrected chi connectivity index (χ3v) is 5.53. The Balaban J connectivity index is 1.93. The lowest BCUT2D eigenvalue weighted by molar-refractivity contribution is 0.0521. The maximum Gasteiger partial charge on any atom is 0.338 e. The first-order chi connectivity index (χ1) is 14.4. The molecule has 2 aromatic carbocycles. The van der Waals surface area contributed by atoms with E-state index in [1.165, 1.54) is 12.1 Å². The molecule has 4 rings (SSSR count). The molecule has 0 bridgehead atoms. The predicted octanol–water partition coefficient (Wildman–Crippen LogP) is 4.34. The highest BCUT2D eigenvalue weighted by atomic mass is 19.1. The zero-order valence-corrected chi connectivity index (χ0v) is 17.0. The summed E-state index contributed by atoms with van der Waals surface area (Å²) in [4.78, 5) is 34.1. The lowest BCUT2D eigenvalue weighted by Gasteiger charge is -2.41. The molecule has 0 saturated carbocycles. The number of aromatic amines is 1. The molecule has 0 spiro atoms. The van der Waals surface area contributed by atoms with Gasteiger partial charge in [-0.25, -0.2) is 14.2 Å². The number of nitrogens with one attached hydrogen (secondary N) is 2. The summed E-state index contributed by atoms with van der Waals surface area (Å²) in [6.45, 7) is 5.55. The molecule has 6 nitrogen and oxygen atoms in total. The van der Waals surface area contributed by atoms with Crippen molar-refractivity contribution in [1.82, 2.24) is 9.97 Å². The Kier molecular flexibility index (Phi) is 4.89. The van der Waals surface area contributed by atoms with Crippen molar-refractivity contribution in [3.05, 3.63) is 82.7 Å². The number of fused-ring (bicyclic) bond motifs is 1. The Labute approximate surface area is 173 Å². The highest BCUT2D eigenvalue weighted by Crippen LogP contribution is 2.47. The van der Waals surface area contributed by atoms with Crippen molar-refractivity contribution >= 4 is 17.4 Å². The first kappa shape index (κ1) is 19.8. The first-order valence-corrected chi connectivity index (χ1v) is 9.75.